The predicted octanol–water partition coefficient (Wildman–Crippen LogP) is 0.561. The molecule has 0 aliphatic heterocycles. The molecule has 0 aliphatic carbocycles. The zero-order chi connectivity index (χ0) is 16.3. The molecule has 0 fully saturated rings. The number of rotatable bonds is 5. The van der Waals surface area contributed by atoms with Gasteiger partial charge in [-0.15, -0.1) is 0 Å². The van der Waals surface area contributed by atoms with Gasteiger partial charge in [0.15, 0.2) is 0 Å². The molecule has 0 saturated carbocycles. The Kier molecular flexibility index (Phi) is 5.18. The summed E-state index contributed by atoms with van der Waals surface area (Å²) in [6.45, 7) is 0.498. The minimum atomic E-state index is -0.773. The van der Waals surface area contributed by atoms with Gasteiger partial charge in [-0.2, -0.15) is 0 Å². The molecule has 1 unspecified atom stereocenters. The van der Waals surface area contributed by atoms with Gasteiger partial charge in [-0.25, -0.2) is 4.79 Å². The van der Waals surface area contributed by atoms with Crippen LogP contribution in [0.4, 0.5) is 0 Å². The van der Waals surface area contributed by atoms with Crippen LogP contribution < -0.4 is 16.6 Å². The first kappa shape index (κ1) is 16.5. The molecule has 1 aromatic carbocycles. The molecule has 2 aromatic rings. The van der Waals surface area contributed by atoms with E-state index >= 15 is 0 Å². The second-order valence-electron chi connectivity index (χ2n) is 5.08. The van der Waals surface area contributed by atoms with Crippen molar-refractivity contribution in [1.82, 2.24) is 14.5 Å². The predicted molar refractivity (Wildman–Crippen MR) is 85.0 cm³/mol. The number of aliphatic hydroxyl groups is 1. The highest BCUT2D eigenvalue weighted by Crippen LogP contribution is 2.21. The smallest absolute Gasteiger partial charge is 0.330 e. The number of nitrogens with one attached hydrogen (secondary N) is 1. The Morgan fingerprint density at radius 1 is 1.27 bits per heavy atom. The molecule has 118 valence electrons. The fraction of sp³-hybridized carbons (Fsp3) is 0.333. The number of hydrogen-bond donors (Lipinski definition) is 2. The van der Waals surface area contributed by atoms with Gasteiger partial charge in [-0.05, 0) is 6.07 Å². The second kappa shape index (κ2) is 6.91. The normalized spacial score (nSPS) is 12.4. The number of hydrogen-bond acceptors (Lipinski definition) is 4. The van der Waals surface area contributed by atoms with E-state index in [1.165, 1.54) is 17.8 Å². The fourth-order valence-electron chi connectivity index (χ4n) is 2.20. The molecule has 1 atom stereocenters. The third kappa shape index (κ3) is 3.47. The van der Waals surface area contributed by atoms with E-state index in [1.807, 2.05) is 0 Å². The van der Waals surface area contributed by atoms with Crippen molar-refractivity contribution in [3.8, 4) is 0 Å². The minimum absolute atomic E-state index is 0.246. The van der Waals surface area contributed by atoms with E-state index in [1.54, 1.807) is 31.3 Å². The van der Waals surface area contributed by atoms with Gasteiger partial charge in [0.05, 0.1) is 6.10 Å². The van der Waals surface area contributed by atoms with Crippen LogP contribution in [0.2, 0.25) is 5.02 Å². The number of benzene rings is 1. The molecule has 0 saturated heterocycles. The molecular weight excluding hydrogens is 306 g/mol. The lowest BCUT2D eigenvalue weighted by atomic mass is 10.1. The summed E-state index contributed by atoms with van der Waals surface area (Å²) in [4.78, 5) is 23.6. The van der Waals surface area contributed by atoms with Crippen LogP contribution in [0, 0.1) is 0 Å². The molecular formula is C15H18ClN3O3. The van der Waals surface area contributed by atoms with Crippen molar-refractivity contribution in [2.75, 3.05) is 6.54 Å². The Morgan fingerprint density at radius 2 is 1.95 bits per heavy atom. The molecule has 6 nitrogen and oxygen atoms in total. The van der Waals surface area contributed by atoms with Gasteiger partial charge >= 0.3 is 5.69 Å². The zero-order valence-electron chi connectivity index (χ0n) is 12.4. The van der Waals surface area contributed by atoms with Gasteiger partial charge in [0.25, 0.3) is 5.56 Å². The average molecular weight is 324 g/mol. The Hall–Kier alpha value is -1.89. The van der Waals surface area contributed by atoms with E-state index in [4.69, 9.17) is 11.6 Å². The maximum atomic E-state index is 12.0. The summed E-state index contributed by atoms with van der Waals surface area (Å²) in [6.07, 6.45) is 0.726. The van der Waals surface area contributed by atoms with Gasteiger partial charge in [-0.1, -0.05) is 29.8 Å². The monoisotopic (exact) mass is 323 g/mol. The van der Waals surface area contributed by atoms with Crippen molar-refractivity contribution >= 4 is 11.6 Å². The van der Waals surface area contributed by atoms with Crippen LogP contribution >= 0.6 is 11.6 Å². The average Bonchev–Trinajstić information content (AvgIpc) is 2.50. The first-order valence-electron chi connectivity index (χ1n) is 6.80. The van der Waals surface area contributed by atoms with Crippen molar-refractivity contribution in [3.63, 3.8) is 0 Å². The van der Waals surface area contributed by atoms with E-state index in [-0.39, 0.29) is 24.3 Å². The number of nitrogens with zero attached hydrogens (tertiary/aromatic N) is 2. The summed E-state index contributed by atoms with van der Waals surface area (Å²) < 4.78 is 2.41. The summed E-state index contributed by atoms with van der Waals surface area (Å²) >= 11 is 6.02. The quantitative estimate of drug-likeness (QED) is 0.843. The van der Waals surface area contributed by atoms with Crippen LogP contribution in [0.15, 0.2) is 40.1 Å². The summed E-state index contributed by atoms with van der Waals surface area (Å²) in [5, 5.41) is 13.6. The van der Waals surface area contributed by atoms with Crippen LogP contribution in [0.5, 0.6) is 0 Å². The molecule has 2 rings (SSSR count). The third-order valence-electron chi connectivity index (χ3n) is 3.43. The SMILES string of the molecule is Cn1cc(CNCC(O)c2ccccc2Cl)c(=O)n(C)c1=O. The number of aryl methyl sites for hydroxylation is 1. The van der Waals surface area contributed by atoms with Crippen LogP contribution in [-0.4, -0.2) is 20.8 Å². The Labute approximate surface area is 132 Å². The maximum Gasteiger partial charge on any atom is 0.330 e. The van der Waals surface area contributed by atoms with Crippen molar-refractivity contribution in [3.05, 3.63) is 67.4 Å². The standard InChI is InChI=1S/C15H18ClN3O3/c1-18-9-10(14(21)19(2)15(18)22)7-17-8-13(20)11-5-3-4-6-12(11)16/h3-6,9,13,17,20H,7-8H2,1-2H3. The third-order valence-corrected chi connectivity index (χ3v) is 3.78. The molecule has 0 spiro atoms. The highest BCUT2D eigenvalue weighted by Gasteiger charge is 2.11. The summed E-state index contributed by atoms with van der Waals surface area (Å²) in [7, 11) is 3.02. The second-order valence-corrected chi connectivity index (χ2v) is 5.49. The number of aliphatic hydroxyl groups excluding tert-OH is 1. The lowest BCUT2D eigenvalue weighted by Gasteiger charge is -2.14. The first-order valence-corrected chi connectivity index (χ1v) is 7.18. The molecule has 0 amide bonds. The Balaban J connectivity index is 2.05. The largest absolute Gasteiger partial charge is 0.387 e. The lowest BCUT2D eigenvalue weighted by molar-refractivity contribution is 0.174. The minimum Gasteiger partial charge on any atom is -0.387 e. The summed E-state index contributed by atoms with van der Waals surface area (Å²) in [5.41, 5.74) is 0.369. The maximum absolute atomic E-state index is 12.0. The molecule has 1 heterocycles. The summed E-state index contributed by atoms with van der Waals surface area (Å²) in [5.74, 6) is 0. The van der Waals surface area contributed by atoms with Gasteiger partial charge in [0.2, 0.25) is 0 Å². The Morgan fingerprint density at radius 3 is 2.64 bits per heavy atom. The highest BCUT2D eigenvalue weighted by atomic mass is 35.5. The van der Waals surface area contributed by atoms with Crippen molar-refractivity contribution in [2.45, 2.75) is 12.6 Å². The van der Waals surface area contributed by atoms with Crippen LogP contribution in [0.25, 0.3) is 0 Å². The zero-order valence-corrected chi connectivity index (χ0v) is 13.2. The molecule has 2 N–H and O–H groups in total. The molecule has 0 bridgehead atoms. The van der Waals surface area contributed by atoms with E-state index < -0.39 is 6.10 Å². The van der Waals surface area contributed by atoms with E-state index in [2.05, 4.69) is 5.32 Å². The van der Waals surface area contributed by atoms with Crippen LogP contribution in [0.3, 0.4) is 0 Å². The molecule has 1 aromatic heterocycles. The highest BCUT2D eigenvalue weighted by molar-refractivity contribution is 6.31. The number of aromatic nitrogens is 2. The number of halogens is 1. The Bertz CT molecular complexity index is 782. The van der Waals surface area contributed by atoms with Gasteiger partial charge in [0.1, 0.15) is 0 Å². The van der Waals surface area contributed by atoms with Crippen molar-refractivity contribution in [2.24, 2.45) is 14.1 Å². The van der Waals surface area contributed by atoms with E-state index in [9.17, 15) is 14.7 Å². The van der Waals surface area contributed by atoms with E-state index in [0.29, 0.717) is 16.1 Å². The van der Waals surface area contributed by atoms with Gasteiger partial charge in [-0.3, -0.25) is 9.36 Å². The van der Waals surface area contributed by atoms with E-state index in [0.717, 1.165) is 4.57 Å². The lowest BCUT2D eigenvalue weighted by Crippen LogP contribution is -2.39. The summed E-state index contributed by atoms with van der Waals surface area (Å²) in [6, 6.07) is 7.05. The molecule has 0 radical (unpaired) electrons. The molecule has 0 aliphatic rings. The van der Waals surface area contributed by atoms with Crippen LogP contribution in [0.1, 0.15) is 17.2 Å². The van der Waals surface area contributed by atoms with Crippen molar-refractivity contribution < 1.29 is 5.11 Å². The molecule has 7 heteroatoms. The van der Waals surface area contributed by atoms with Gasteiger partial charge in [0, 0.05) is 49.5 Å². The first-order chi connectivity index (χ1) is 10.4. The van der Waals surface area contributed by atoms with Crippen molar-refractivity contribution in [1.29, 1.82) is 0 Å². The fourth-order valence-corrected chi connectivity index (χ4v) is 2.46. The topological polar surface area (TPSA) is 76.3 Å². The van der Waals surface area contributed by atoms with Crippen LogP contribution in [-0.2, 0) is 20.6 Å². The van der Waals surface area contributed by atoms with Gasteiger partial charge < -0.3 is 15.0 Å². The molecule has 22 heavy (non-hydrogen) atoms.